The summed E-state index contributed by atoms with van der Waals surface area (Å²) in [5.41, 5.74) is 10.5. The molecular formula is C17H15BrN4OS. The van der Waals surface area contributed by atoms with Gasteiger partial charge in [-0.2, -0.15) is 5.10 Å². The van der Waals surface area contributed by atoms with Crippen molar-refractivity contribution < 1.29 is 4.74 Å². The Morgan fingerprint density at radius 2 is 2.00 bits per heavy atom. The molecule has 0 aliphatic heterocycles. The molecule has 3 rings (SSSR count). The molecule has 3 N–H and O–H groups in total. The molecule has 0 unspecified atom stereocenters. The lowest BCUT2D eigenvalue weighted by molar-refractivity contribution is 0.305. The zero-order chi connectivity index (χ0) is 16.8. The molecule has 0 aliphatic rings. The molecule has 0 atom stereocenters. The van der Waals surface area contributed by atoms with Gasteiger partial charge in [0.1, 0.15) is 18.2 Å². The Labute approximate surface area is 152 Å². The Balaban J connectivity index is 1.54. The summed E-state index contributed by atoms with van der Waals surface area (Å²) >= 11 is 4.92. The minimum atomic E-state index is 0.490. The largest absolute Gasteiger partial charge is 0.489 e. The van der Waals surface area contributed by atoms with Crippen LogP contribution in [0.3, 0.4) is 0 Å². The molecule has 0 aliphatic carbocycles. The second-order valence-electron chi connectivity index (χ2n) is 4.90. The Morgan fingerprint density at radius 3 is 2.71 bits per heavy atom. The van der Waals surface area contributed by atoms with E-state index in [2.05, 4.69) is 31.4 Å². The van der Waals surface area contributed by atoms with Gasteiger partial charge in [0.15, 0.2) is 0 Å². The Hall–Kier alpha value is -2.38. The molecule has 3 aromatic rings. The highest BCUT2D eigenvalue weighted by Crippen LogP contribution is 2.19. The average molecular weight is 403 g/mol. The zero-order valence-corrected chi connectivity index (χ0v) is 15.0. The summed E-state index contributed by atoms with van der Waals surface area (Å²) in [6.45, 7) is 0.516. The Bertz CT molecular complexity index is 833. The van der Waals surface area contributed by atoms with Gasteiger partial charge in [-0.1, -0.05) is 34.1 Å². The van der Waals surface area contributed by atoms with Gasteiger partial charge in [0.25, 0.3) is 0 Å². The molecule has 1 heterocycles. The first-order chi connectivity index (χ1) is 11.7. The lowest BCUT2D eigenvalue weighted by Crippen LogP contribution is -1.96. The predicted octanol–water partition coefficient (Wildman–Crippen LogP) is 4.51. The number of nitrogens with one attached hydrogen (secondary N) is 1. The van der Waals surface area contributed by atoms with Gasteiger partial charge in [-0.3, -0.25) is 5.43 Å². The summed E-state index contributed by atoms with van der Waals surface area (Å²) in [5.74, 6) is 1.30. The van der Waals surface area contributed by atoms with E-state index in [0.717, 1.165) is 21.3 Å². The molecule has 7 heteroatoms. The second kappa shape index (κ2) is 7.94. The fraction of sp³-hybridized carbons (Fsp3) is 0.0588. The molecule has 0 saturated heterocycles. The number of hydrazone groups is 1. The molecule has 0 spiro atoms. The smallest absolute Gasteiger partial charge is 0.205 e. The van der Waals surface area contributed by atoms with Crippen LogP contribution in [0.4, 0.5) is 10.9 Å². The van der Waals surface area contributed by atoms with Crippen LogP contribution in [0.5, 0.6) is 5.75 Å². The molecule has 0 fully saturated rings. The summed E-state index contributed by atoms with van der Waals surface area (Å²) in [5, 5.41) is 6.55. The molecule has 1 aromatic heterocycles. The maximum Gasteiger partial charge on any atom is 0.205 e. The van der Waals surface area contributed by atoms with E-state index in [0.29, 0.717) is 17.6 Å². The van der Waals surface area contributed by atoms with Crippen molar-refractivity contribution in [1.29, 1.82) is 0 Å². The highest BCUT2D eigenvalue weighted by molar-refractivity contribution is 9.10. The summed E-state index contributed by atoms with van der Waals surface area (Å²) in [6, 6.07) is 15.7. The molecule has 2 aromatic carbocycles. The van der Waals surface area contributed by atoms with Gasteiger partial charge in [0.05, 0.1) is 6.21 Å². The number of anilines is 2. The zero-order valence-electron chi connectivity index (χ0n) is 12.6. The van der Waals surface area contributed by atoms with Crippen molar-refractivity contribution in [3.63, 3.8) is 0 Å². The highest BCUT2D eigenvalue weighted by Gasteiger charge is 2.00. The van der Waals surface area contributed by atoms with Crippen molar-refractivity contribution in [2.75, 3.05) is 11.2 Å². The van der Waals surface area contributed by atoms with Crippen molar-refractivity contribution in [2.24, 2.45) is 5.10 Å². The van der Waals surface area contributed by atoms with E-state index in [1.165, 1.54) is 11.3 Å². The monoisotopic (exact) mass is 402 g/mol. The first kappa shape index (κ1) is 16.5. The predicted molar refractivity (Wildman–Crippen MR) is 103 cm³/mol. The number of nitrogen functional groups attached to an aromatic ring is 1. The third-order valence-electron chi connectivity index (χ3n) is 3.13. The fourth-order valence-electron chi connectivity index (χ4n) is 1.93. The van der Waals surface area contributed by atoms with Gasteiger partial charge in [-0.05, 0) is 35.9 Å². The maximum absolute atomic E-state index is 5.79. The molecule has 0 radical (unpaired) electrons. The average Bonchev–Trinajstić information content (AvgIpc) is 3.01. The van der Waals surface area contributed by atoms with Gasteiger partial charge >= 0.3 is 0 Å². The quantitative estimate of drug-likeness (QED) is 0.469. The molecule has 24 heavy (non-hydrogen) atoms. The van der Waals surface area contributed by atoms with Crippen LogP contribution in [-0.2, 0) is 6.61 Å². The van der Waals surface area contributed by atoms with Crippen LogP contribution in [0.15, 0.2) is 63.5 Å². The van der Waals surface area contributed by atoms with Crippen LogP contribution in [-0.4, -0.2) is 11.2 Å². The number of nitrogens with zero attached hydrogens (tertiary/aromatic N) is 2. The van der Waals surface area contributed by atoms with Crippen molar-refractivity contribution in [2.45, 2.75) is 6.61 Å². The van der Waals surface area contributed by atoms with Crippen LogP contribution >= 0.6 is 27.3 Å². The van der Waals surface area contributed by atoms with Gasteiger partial charge in [-0.25, -0.2) is 4.98 Å². The third kappa shape index (κ3) is 4.56. The van der Waals surface area contributed by atoms with E-state index in [1.807, 2.05) is 48.5 Å². The van der Waals surface area contributed by atoms with E-state index in [9.17, 15) is 0 Å². The van der Waals surface area contributed by atoms with Crippen LogP contribution in [0, 0.1) is 0 Å². The SMILES string of the molecule is Nc1csc(NN=Cc2ccc(OCc3ccccc3Br)cc2)n1. The maximum atomic E-state index is 5.79. The van der Waals surface area contributed by atoms with Crippen LogP contribution in [0.2, 0.25) is 0 Å². The van der Waals surface area contributed by atoms with E-state index < -0.39 is 0 Å². The lowest BCUT2D eigenvalue weighted by atomic mass is 10.2. The number of aromatic nitrogens is 1. The lowest BCUT2D eigenvalue weighted by Gasteiger charge is -2.08. The first-order valence-corrected chi connectivity index (χ1v) is 8.84. The van der Waals surface area contributed by atoms with E-state index in [1.54, 1.807) is 11.6 Å². The summed E-state index contributed by atoms with van der Waals surface area (Å²) in [7, 11) is 0. The molecule has 5 nitrogen and oxygen atoms in total. The molecular weight excluding hydrogens is 388 g/mol. The van der Waals surface area contributed by atoms with Crippen LogP contribution in [0.25, 0.3) is 0 Å². The van der Waals surface area contributed by atoms with Crippen LogP contribution in [0.1, 0.15) is 11.1 Å². The molecule has 0 bridgehead atoms. The van der Waals surface area contributed by atoms with Crippen molar-refractivity contribution in [3.8, 4) is 5.75 Å². The number of thiazole rings is 1. The standard InChI is InChI=1S/C17H15BrN4OS/c18-15-4-2-1-3-13(15)10-23-14-7-5-12(6-8-14)9-20-22-17-21-16(19)11-24-17/h1-9,11H,10,19H2,(H,21,22). The summed E-state index contributed by atoms with van der Waals surface area (Å²) < 4.78 is 6.84. The number of hydrogen-bond acceptors (Lipinski definition) is 6. The second-order valence-corrected chi connectivity index (χ2v) is 6.61. The van der Waals surface area contributed by atoms with Crippen LogP contribution < -0.4 is 15.9 Å². The first-order valence-electron chi connectivity index (χ1n) is 7.17. The van der Waals surface area contributed by atoms with Crippen molar-refractivity contribution >= 4 is 44.4 Å². The van der Waals surface area contributed by atoms with E-state index >= 15 is 0 Å². The van der Waals surface area contributed by atoms with Gasteiger partial charge in [0.2, 0.25) is 5.13 Å². The van der Waals surface area contributed by atoms with E-state index in [-0.39, 0.29) is 0 Å². The minimum Gasteiger partial charge on any atom is -0.489 e. The summed E-state index contributed by atoms with van der Waals surface area (Å²) in [6.07, 6.45) is 1.72. The minimum absolute atomic E-state index is 0.490. The number of benzene rings is 2. The van der Waals surface area contributed by atoms with Gasteiger partial charge < -0.3 is 10.5 Å². The molecule has 122 valence electrons. The Morgan fingerprint density at radius 1 is 1.21 bits per heavy atom. The number of nitrogens with two attached hydrogens (primary N) is 1. The third-order valence-corrected chi connectivity index (χ3v) is 4.67. The number of ether oxygens (including phenoxy) is 1. The van der Waals surface area contributed by atoms with Crippen molar-refractivity contribution in [1.82, 2.24) is 4.98 Å². The molecule has 0 saturated carbocycles. The van der Waals surface area contributed by atoms with Gasteiger partial charge in [-0.15, -0.1) is 11.3 Å². The highest BCUT2D eigenvalue weighted by atomic mass is 79.9. The fourth-order valence-corrected chi connectivity index (χ4v) is 2.87. The van der Waals surface area contributed by atoms with Gasteiger partial charge in [0, 0.05) is 15.4 Å². The Kier molecular flexibility index (Phi) is 5.45. The normalized spacial score (nSPS) is 10.9. The van der Waals surface area contributed by atoms with E-state index in [4.69, 9.17) is 10.5 Å². The topological polar surface area (TPSA) is 72.5 Å². The number of halogens is 1. The number of rotatable bonds is 6. The molecule has 0 amide bonds. The number of hydrogen-bond donors (Lipinski definition) is 2. The van der Waals surface area contributed by atoms with Crippen molar-refractivity contribution in [3.05, 3.63) is 69.5 Å². The summed E-state index contributed by atoms with van der Waals surface area (Å²) in [4.78, 5) is 4.06.